The van der Waals surface area contributed by atoms with Crippen LogP contribution in [0.2, 0.25) is 6.82 Å². The molecule has 0 bridgehead atoms. The maximum atomic E-state index is 12.9. The summed E-state index contributed by atoms with van der Waals surface area (Å²) in [5.41, 5.74) is 0. The van der Waals surface area contributed by atoms with Crippen LogP contribution in [0.25, 0.3) is 0 Å². The van der Waals surface area contributed by atoms with Crippen LogP contribution in [-0.4, -0.2) is 60.6 Å². The molecule has 2 atom stereocenters. The van der Waals surface area contributed by atoms with E-state index in [2.05, 4.69) is 9.71 Å². The van der Waals surface area contributed by atoms with Gasteiger partial charge in [0.15, 0.2) is 0 Å². The van der Waals surface area contributed by atoms with Crippen LogP contribution in [0.5, 0.6) is 5.75 Å². The van der Waals surface area contributed by atoms with Crippen molar-refractivity contribution in [2.24, 2.45) is 5.92 Å². The van der Waals surface area contributed by atoms with Crippen LogP contribution >= 0.6 is 0 Å². The third-order valence-electron chi connectivity index (χ3n) is 4.86. The number of piperidine rings is 1. The van der Waals surface area contributed by atoms with Crippen molar-refractivity contribution in [2.75, 3.05) is 32.8 Å². The van der Waals surface area contributed by atoms with Crippen molar-refractivity contribution in [1.82, 2.24) is 9.71 Å². The fourth-order valence-corrected chi connectivity index (χ4v) is 3.50. The summed E-state index contributed by atoms with van der Waals surface area (Å²) < 4.78 is 18.7. The van der Waals surface area contributed by atoms with Crippen LogP contribution in [0.4, 0.5) is 4.39 Å². The zero-order valence-electron chi connectivity index (χ0n) is 13.1. The molecule has 1 aromatic rings. The van der Waals surface area contributed by atoms with E-state index in [4.69, 9.17) is 4.74 Å². The normalized spacial score (nSPS) is 26.5. The zero-order chi connectivity index (χ0) is 15.5. The smallest absolute Gasteiger partial charge is 0.376 e. The highest BCUT2D eigenvalue weighted by atomic mass is 19.1. The van der Waals surface area contributed by atoms with Crippen LogP contribution < -0.4 is 4.74 Å². The molecule has 3 rings (SSSR count). The van der Waals surface area contributed by atoms with Gasteiger partial charge in [-0.2, -0.15) is 0 Å². The number of ether oxygens (including phenoxy) is 1. The monoisotopic (exact) mass is 306 g/mol. The van der Waals surface area contributed by atoms with Gasteiger partial charge in [-0.05, 0) is 43.9 Å². The Bertz CT molecular complexity index is 486. The Kier molecular flexibility index (Phi) is 5.01. The highest BCUT2D eigenvalue weighted by Gasteiger charge is 2.34. The summed E-state index contributed by atoms with van der Waals surface area (Å²) in [6.45, 7) is 6.50. The van der Waals surface area contributed by atoms with Gasteiger partial charge >= 0.3 is 7.05 Å². The van der Waals surface area contributed by atoms with Gasteiger partial charge in [0.05, 0.1) is 6.61 Å². The van der Waals surface area contributed by atoms with Gasteiger partial charge in [-0.25, -0.2) is 4.39 Å². The third kappa shape index (κ3) is 3.80. The van der Waals surface area contributed by atoms with Gasteiger partial charge < -0.3 is 14.6 Å². The Morgan fingerprint density at radius 2 is 2.00 bits per heavy atom. The molecule has 0 spiro atoms. The quantitative estimate of drug-likeness (QED) is 0.859. The molecule has 2 fully saturated rings. The maximum absolute atomic E-state index is 12.9. The van der Waals surface area contributed by atoms with E-state index in [0.29, 0.717) is 18.6 Å². The molecule has 2 heterocycles. The minimum atomic E-state index is -0.346. The summed E-state index contributed by atoms with van der Waals surface area (Å²) in [5, 5.41) is 9.71. The summed E-state index contributed by atoms with van der Waals surface area (Å²) >= 11 is 0. The zero-order valence-corrected chi connectivity index (χ0v) is 13.1. The third-order valence-corrected chi connectivity index (χ3v) is 4.86. The van der Waals surface area contributed by atoms with Gasteiger partial charge in [0.25, 0.3) is 0 Å². The molecule has 0 saturated carbocycles. The maximum Gasteiger partial charge on any atom is 0.376 e. The van der Waals surface area contributed by atoms with Crippen molar-refractivity contribution < 1.29 is 14.2 Å². The second-order valence-electron chi connectivity index (χ2n) is 6.48. The molecule has 1 N–H and O–H groups in total. The summed E-state index contributed by atoms with van der Waals surface area (Å²) in [5.74, 6) is 1.03. The number of rotatable bonds is 4. The topological polar surface area (TPSA) is 35.9 Å². The van der Waals surface area contributed by atoms with Gasteiger partial charge in [0.2, 0.25) is 0 Å². The minimum Gasteiger partial charge on any atom is -0.493 e. The Balaban J connectivity index is 1.47. The predicted octanol–water partition coefficient (Wildman–Crippen LogP) is 1.71. The molecule has 2 aliphatic rings. The first kappa shape index (κ1) is 15.8. The molecule has 22 heavy (non-hydrogen) atoms. The first-order valence-electron chi connectivity index (χ1n) is 8.16. The molecule has 2 saturated heterocycles. The lowest BCUT2D eigenvalue weighted by atomic mass is 9.81. The van der Waals surface area contributed by atoms with Gasteiger partial charge in [0, 0.05) is 38.1 Å². The summed E-state index contributed by atoms with van der Waals surface area (Å²) in [6, 6.07) is 6.79. The van der Waals surface area contributed by atoms with E-state index in [0.717, 1.165) is 44.8 Å². The van der Waals surface area contributed by atoms with E-state index in [9.17, 15) is 9.41 Å². The Morgan fingerprint density at radius 3 is 2.73 bits per heavy atom. The van der Waals surface area contributed by atoms with Crippen molar-refractivity contribution in [2.45, 2.75) is 25.7 Å². The molecule has 0 amide bonds. The Hall–Kier alpha value is -1.11. The second kappa shape index (κ2) is 6.98. The van der Waals surface area contributed by atoms with E-state index < -0.39 is 0 Å². The lowest BCUT2D eigenvalue weighted by molar-refractivity contribution is 0.0375. The van der Waals surface area contributed by atoms with Gasteiger partial charge in [0.1, 0.15) is 11.6 Å². The molecule has 0 aromatic heterocycles. The first-order valence-corrected chi connectivity index (χ1v) is 8.16. The van der Waals surface area contributed by atoms with Crippen molar-refractivity contribution in [3.05, 3.63) is 30.1 Å². The van der Waals surface area contributed by atoms with Crippen molar-refractivity contribution in [1.29, 1.82) is 0 Å². The van der Waals surface area contributed by atoms with E-state index in [1.807, 2.05) is 6.82 Å². The van der Waals surface area contributed by atoms with E-state index in [1.54, 1.807) is 12.1 Å². The van der Waals surface area contributed by atoms with Crippen molar-refractivity contribution in [3.8, 4) is 5.75 Å². The lowest BCUT2D eigenvalue weighted by Gasteiger charge is -2.46. The minimum absolute atomic E-state index is 0.233. The molecular weight excluding hydrogens is 282 g/mol. The van der Waals surface area contributed by atoms with Crippen molar-refractivity contribution >= 4 is 7.05 Å². The number of halogens is 1. The molecule has 1 unspecified atom stereocenters. The largest absolute Gasteiger partial charge is 0.493 e. The van der Waals surface area contributed by atoms with Gasteiger partial charge in [-0.3, -0.25) is 4.90 Å². The predicted molar refractivity (Wildman–Crippen MR) is 85.4 cm³/mol. The molecule has 6 heteroatoms. The highest BCUT2D eigenvalue weighted by Crippen LogP contribution is 2.26. The number of benzene rings is 1. The molecule has 2 aliphatic heterocycles. The molecule has 4 nitrogen and oxygen atoms in total. The van der Waals surface area contributed by atoms with Crippen LogP contribution in [0.3, 0.4) is 0 Å². The number of hydrogen-bond donors (Lipinski definition) is 1. The average molecular weight is 306 g/mol. The van der Waals surface area contributed by atoms with Crippen LogP contribution in [0, 0.1) is 11.7 Å². The fraction of sp³-hybridized carbons (Fsp3) is 0.625. The van der Waals surface area contributed by atoms with Crippen LogP contribution in [0.1, 0.15) is 12.8 Å². The van der Waals surface area contributed by atoms with Gasteiger partial charge in [-0.1, -0.05) is 0 Å². The van der Waals surface area contributed by atoms with E-state index in [1.165, 1.54) is 12.1 Å². The standard InChI is InChI=1S/C16H24BFN2O2/c1-17(21)20-9-8-19-10-13(2-5-15(19)11-20)12-22-16-6-3-14(18)4-7-16/h3-4,6-7,13,15,21H,2,5,8-12H2,1H3/t13-,15?/m1/s1. The lowest BCUT2D eigenvalue weighted by Crippen LogP contribution is -2.59. The first-order chi connectivity index (χ1) is 10.6. The molecule has 0 aliphatic carbocycles. The summed E-state index contributed by atoms with van der Waals surface area (Å²) in [7, 11) is -0.346. The summed E-state index contributed by atoms with van der Waals surface area (Å²) in [4.78, 5) is 4.68. The van der Waals surface area contributed by atoms with Crippen molar-refractivity contribution in [3.63, 3.8) is 0 Å². The molecule has 0 radical (unpaired) electrons. The Labute approximate surface area is 132 Å². The van der Waals surface area contributed by atoms with E-state index >= 15 is 0 Å². The molecular formula is C16H24BFN2O2. The second-order valence-corrected chi connectivity index (χ2v) is 6.48. The summed E-state index contributed by atoms with van der Waals surface area (Å²) in [6.07, 6.45) is 2.30. The Morgan fingerprint density at radius 1 is 1.23 bits per heavy atom. The van der Waals surface area contributed by atoms with E-state index in [-0.39, 0.29) is 12.9 Å². The fourth-order valence-electron chi connectivity index (χ4n) is 3.50. The number of fused-ring (bicyclic) bond motifs is 1. The SMILES string of the molecule is CB(O)N1CCN2C[C@H](COc3ccc(F)cc3)CCC2C1. The molecule has 1 aromatic carbocycles. The number of piperazine rings is 1. The highest BCUT2D eigenvalue weighted by molar-refractivity contribution is 6.45. The number of hydrogen-bond acceptors (Lipinski definition) is 4. The molecule has 120 valence electrons. The van der Waals surface area contributed by atoms with Crippen LogP contribution in [0.15, 0.2) is 24.3 Å². The average Bonchev–Trinajstić information content (AvgIpc) is 2.53. The number of nitrogens with zero attached hydrogens (tertiary/aromatic N) is 2. The van der Waals surface area contributed by atoms with Gasteiger partial charge in [-0.15, -0.1) is 0 Å². The van der Waals surface area contributed by atoms with Crippen LogP contribution in [-0.2, 0) is 0 Å².